The summed E-state index contributed by atoms with van der Waals surface area (Å²) in [7, 11) is -3.39. The van der Waals surface area contributed by atoms with Gasteiger partial charge in [0.2, 0.25) is 10.0 Å². The number of piperazine rings is 1. The zero-order valence-corrected chi connectivity index (χ0v) is 15.0. The van der Waals surface area contributed by atoms with Crippen molar-refractivity contribution in [2.75, 3.05) is 26.2 Å². The van der Waals surface area contributed by atoms with Crippen LogP contribution in [0, 0.1) is 6.92 Å². The predicted octanol–water partition coefficient (Wildman–Crippen LogP) is 3.06. The summed E-state index contributed by atoms with van der Waals surface area (Å²) in [6.07, 6.45) is 0. The smallest absolute Gasteiger partial charge is 0.243 e. The average Bonchev–Trinajstić information content (AvgIpc) is 2.62. The number of benzene rings is 2. The van der Waals surface area contributed by atoms with Gasteiger partial charge < -0.3 is 0 Å². The Kier molecular flexibility index (Phi) is 5.04. The Balaban J connectivity index is 1.67. The van der Waals surface area contributed by atoms with Gasteiger partial charge in [0.1, 0.15) is 0 Å². The highest BCUT2D eigenvalue weighted by molar-refractivity contribution is 7.89. The Labute approximate surface area is 144 Å². The van der Waals surface area contributed by atoms with E-state index in [0.717, 1.165) is 18.7 Å². The highest BCUT2D eigenvalue weighted by Crippen LogP contribution is 2.24. The van der Waals surface area contributed by atoms with Gasteiger partial charge in [0.25, 0.3) is 0 Å². The lowest BCUT2D eigenvalue weighted by Gasteiger charge is -2.37. The topological polar surface area (TPSA) is 40.6 Å². The van der Waals surface area contributed by atoms with Crippen molar-refractivity contribution in [3.8, 4) is 0 Å². The maximum atomic E-state index is 12.8. The number of hydrogen-bond acceptors (Lipinski definition) is 3. The first kappa shape index (κ1) is 17.1. The number of nitrogens with zero attached hydrogens (tertiary/aromatic N) is 2. The van der Waals surface area contributed by atoms with Crippen molar-refractivity contribution in [2.45, 2.75) is 24.8 Å². The van der Waals surface area contributed by atoms with Crippen molar-refractivity contribution in [3.05, 3.63) is 65.7 Å². The molecule has 1 aliphatic rings. The summed E-state index contributed by atoms with van der Waals surface area (Å²) in [4.78, 5) is 2.73. The molecule has 0 bridgehead atoms. The van der Waals surface area contributed by atoms with Crippen LogP contribution < -0.4 is 0 Å². The molecule has 2 aromatic carbocycles. The zero-order chi connectivity index (χ0) is 17.2. The van der Waals surface area contributed by atoms with Crippen molar-refractivity contribution in [2.24, 2.45) is 0 Å². The molecular formula is C19H24N2O2S. The summed E-state index contributed by atoms with van der Waals surface area (Å²) in [6, 6.07) is 17.8. The minimum Gasteiger partial charge on any atom is -0.294 e. The lowest BCUT2D eigenvalue weighted by molar-refractivity contribution is 0.146. The Hall–Kier alpha value is -1.69. The quantitative estimate of drug-likeness (QED) is 0.856. The average molecular weight is 344 g/mol. The van der Waals surface area contributed by atoms with Gasteiger partial charge in [-0.1, -0.05) is 48.0 Å². The Morgan fingerprint density at radius 3 is 2.04 bits per heavy atom. The molecule has 1 saturated heterocycles. The molecule has 24 heavy (non-hydrogen) atoms. The van der Waals surface area contributed by atoms with Crippen LogP contribution in [0.4, 0.5) is 0 Å². The number of rotatable bonds is 4. The molecule has 1 heterocycles. The van der Waals surface area contributed by atoms with Gasteiger partial charge >= 0.3 is 0 Å². The van der Waals surface area contributed by atoms with E-state index in [1.165, 1.54) is 5.56 Å². The molecule has 1 fully saturated rings. The van der Waals surface area contributed by atoms with E-state index in [1.54, 1.807) is 16.4 Å². The molecule has 0 spiro atoms. The highest BCUT2D eigenvalue weighted by atomic mass is 32.2. The molecule has 5 heteroatoms. The number of sulfonamides is 1. The largest absolute Gasteiger partial charge is 0.294 e. The second-order valence-electron chi connectivity index (χ2n) is 6.34. The fourth-order valence-electron chi connectivity index (χ4n) is 3.13. The fourth-order valence-corrected chi connectivity index (χ4v) is 4.56. The van der Waals surface area contributed by atoms with E-state index in [1.807, 2.05) is 37.3 Å². The van der Waals surface area contributed by atoms with E-state index in [0.29, 0.717) is 24.0 Å². The first-order valence-corrected chi connectivity index (χ1v) is 9.78. The van der Waals surface area contributed by atoms with Crippen molar-refractivity contribution < 1.29 is 8.42 Å². The lowest BCUT2D eigenvalue weighted by Crippen LogP contribution is -2.49. The molecule has 1 aliphatic heterocycles. The van der Waals surface area contributed by atoms with E-state index in [-0.39, 0.29) is 0 Å². The van der Waals surface area contributed by atoms with Crippen LogP contribution in [0.25, 0.3) is 0 Å². The van der Waals surface area contributed by atoms with Gasteiger partial charge in [0.15, 0.2) is 0 Å². The first-order chi connectivity index (χ1) is 11.5. The third kappa shape index (κ3) is 3.53. The molecule has 0 amide bonds. The summed E-state index contributed by atoms with van der Waals surface area (Å²) in [5, 5.41) is 0. The standard InChI is InChI=1S/C19H24N2O2S/c1-16-8-10-19(11-9-16)24(22,23)21-14-12-20(13-15-21)17(2)18-6-4-3-5-7-18/h3-11,17H,12-15H2,1-2H3/t17-/m1/s1. The van der Waals surface area contributed by atoms with Crippen molar-refractivity contribution in [3.63, 3.8) is 0 Å². The molecule has 1 atom stereocenters. The summed E-state index contributed by atoms with van der Waals surface area (Å²) in [6.45, 7) is 6.71. The van der Waals surface area contributed by atoms with E-state index in [4.69, 9.17) is 0 Å². The molecule has 128 valence electrons. The Morgan fingerprint density at radius 1 is 0.875 bits per heavy atom. The van der Waals surface area contributed by atoms with Crippen molar-refractivity contribution >= 4 is 10.0 Å². The van der Waals surface area contributed by atoms with Gasteiger partial charge in [0.05, 0.1) is 4.90 Å². The molecule has 0 radical (unpaired) electrons. The second kappa shape index (κ2) is 7.05. The van der Waals surface area contributed by atoms with Gasteiger partial charge in [-0.2, -0.15) is 4.31 Å². The maximum absolute atomic E-state index is 12.8. The van der Waals surface area contributed by atoms with Crippen molar-refractivity contribution in [1.82, 2.24) is 9.21 Å². The van der Waals surface area contributed by atoms with Crippen LogP contribution in [0.1, 0.15) is 24.1 Å². The SMILES string of the molecule is Cc1ccc(S(=O)(=O)N2CCN([C@H](C)c3ccccc3)CC2)cc1. The predicted molar refractivity (Wildman–Crippen MR) is 96.4 cm³/mol. The Morgan fingerprint density at radius 2 is 1.46 bits per heavy atom. The molecule has 3 rings (SSSR count). The fraction of sp³-hybridized carbons (Fsp3) is 0.368. The molecule has 0 aromatic heterocycles. The summed E-state index contributed by atoms with van der Waals surface area (Å²) in [5.41, 5.74) is 2.34. The maximum Gasteiger partial charge on any atom is 0.243 e. The summed E-state index contributed by atoms with van der Waals surface area (Å²) in [5.74, 6) is 0. The highest BCUT2D eigenvalue weighted by Gasteiger charge is 2.30. The van der Waals surface area contributed by atoms with E-state index in [2.05, 4.69) is 24.0 Å². The molecule has 0 unspecified atom stereocenters. The van der Waals surface area contributed by atoms with Gasteiger partial charge in [-0.15, -0.1) is 0 Å². The van der Waals surface area contributed by atoms with E-state index >= 15 is 0 Å². The van der Waals surface area contributed by atoms with Gasteiger partial charge in [-0.25, -0.2) is 8.42 Å². The van der Waals surface area contributed by atoms with Gasteiger partial charge in [0, 0.05) is 32.2 Å². The van der Waals surface area contributed by atoms with E-state index in [9.17, 15) is 8.42 Å². The minimum atomic E-state index is -3.39. The summed E-state index contributed by atoms with van der Waals surface area (Å²) >= 11 is 0. The lowest BCUT2D eigenvalue weighted by atomic mass is 10.1. The van der Waals surface area contributed by atoms with Crippen LogP contribution >= 0.6 is 0 Å². The third-order valence-electron chi connectivity index (χ3n) is 4.76. The molecule has 0 N–H and O–H groups in total. The number of hydrogen-bond donors (Lipinski definition) is 0. The van der Waals surface area contributed by atoms with Crippen LogP contribution in [0.15, 0.2) is 59.5 Å². The Bertz CT molecular complexity index is 765. The second-order valence-corrected chi connectivity index (χ2v) is 8.28. The van der Waals surface area contributed by atoms with Crippen molar-refractivity contribution in [1.29, 1.82) is 0 Å². The van der Waals surface area contributed by atoms with E-state index < -0.39 is 10.0 Å². The first-order valence-electron chi connectivity index (χ1n) is 8.34. The molecule has 0 saturated carbocycles. The monoisotopic (exact) mass is 344 g/mol. The molecule has 4 nitrogen and oxygen atoms in total. The van der Waals surface area contributed by atoms with Crippen LogP contribution in [-0.2, 0) is 10.0 Å². The molecular weight excluding hydrogens is 320 g/mol. The van der Waals surface area contributed by atoms with Gasteiger partial charge in [-0.05, 0) is 31.5 Å². The zero-order valence-electron chi connectivity index (χ0n) is 14.2. The minimum absolute atomic E-state index is 0.301. The number of aryl methyl sites for hydroxylation is 1. The third-order valence-corrected chi connectivity index (χ3v) is 6.67. The van der Waals surface area contributed by atoms with Gasteiger partial charge in [-0.3, -0.25) is 4.90 Å². The molecule has 2 aromatic rings. The van der Waals surface area contributed by atoms with Crippen LogP contribution in [0.5, 0.6) is 0 Å². The van der Waals surface area contributed by atoms with Crippen LogP contribution in [0.3, 0.4) is 0 Å². The molecule has 0 aliphatic carbocycles. The normalized spacial score (nSPS) is 18.4. The van der Waals surface area contributed by atoms with Crippen LogP contribution in [-0.4, -0.2) is 43.8 Å². The summed E-state index contributed by atoms with van der Waals surface area (Å²) < 4.78 is 27.1. The van der Waals surface area contributed by atoms with Crippen LogP contribution in [0.2, 0.25) is 0 Å².